The van der Waals surface area contributed by atoms with E-state index < -0.39 is 0 Å². The number of hydrogen-bond donors (Lipinski definition) is 2. The van der Waals surface area contributed by atoms with Crippen LogP contribution in [0, 0.1) is 0 Å². The molecule has 0 atom stereocenters. The third kappa shape index (κ3) is 8.99. The molecular formula is C20H31IN4O4. The van der Waals surface area contributed by atoms with E-state index in [1.165, 1.54) is 4.90 Å². The van der Waals surface area contributed by atoms with E-state index in [0.717, 1.165) is 24.3 Å². The summed E-state index contributed by atoms with van der Waals surface area (Å²) in [4.78, 5) is 29.3. The van der Waals surface area contributed by atoms with Crippen LogP contribution in [-0.4, -0.2) is 62.6 Å². The van der Waals surface area contributed by atoms with Crippen molar-refractivity contribution in [1.29, 1.82) is 0 Å². The molecule has 2 amide bonds. The summed E-state index contributed by atoms with van der Waals surface area (Å²) in [6.07, 6.45) is 1.49. The minimum Gasteiger partial charge on any atom is -0.497 e. The number of methoxy groups -OCH3 is 1. The lowest BCUT2D eigenvalue weighted by Crippen LogP contribution is -2.43. The molecule has 0 saturated carbocycles. The number of rotatable bonds is 11. The predicted molar refractivity (Wildman–Crippen MR) is 123 cm³/mol. The number of amides is 2. The lowest BCUT2D eigenvalue weighted by Gasteiger charge is -2.16. The van der Waals surface area contributed by atoms with E-state index in [1.54, 1.807) is 7.11 Å². The number of nitrogens with one attached hydrogen (secondary N) is 2. The van der Waals surface area contributed by atoms with Crippen molar-refractivity contribution in [3.8, 4) is 5.75 Å². The molecule has 0 spiro atoms. The molecule has 1 aromatic rings. The Hall–Kier alpha value is -1.88. The Bertz CT molecular complexity index is 651. The molecule has 0 aliphatic carbocycles. The van der Waals surface area contributed by atoms with Gasteiger partial charge in [-0.15, -0.1) is 24.0 Å². The van der Waals surface area contributed by atoms with E-state index in [9.17, 15) is 9.59 Å². The minimum absolute atomic E-state index is 0. The summed E-state index contributed by atoms with van der Waals surface area (Å²) in [6.45, 7) is 5.39. The highest BCUT2D eigenvalue weighted by Gasteiger charge is 2.28. The first-order valence-electron chi connectivity index (χ1n) is 9.70. The van der Waals surface area contributed by atoms with Crippen molar-refractivity contribution in [1.82, 2.24) is 15.5 Å². The summed E-state index contributed by atoms with van der Waals surface area (Å²) in [5.41, 5.74) is 1.06. The van der Waals surface area contributed by atoms with Gasteiger partial charge in [0.1, 0.15) is 5.75 Å². The van der Waals surface area contributed by atoms with E-state index in [4.69, 9.17) is 9.47 Å². The predicted octanol–water partition coefficient (Wildman–Crippen LogP) is 1.92. The summed E-state index contributed by atoms with van der Waals surface area (Å²) in [5.74, 6) is 1.24. The number of hydrogen-bond acceptors (Lipinski definition) is 5. The molecule has 1 fully saturated rings. The van der Waals surface area contributed by atoms with E-state index in [1.807, 2.05) is 31.2 Å². The molecule has 29 heavy (non-hydrogen) atoms. The molecular weight excluding hydrogens is 487 g/mol. The molecule has 0 radical (unpaired) electrons. The lowest BCUT2D eigenvalue weighted by molar-refractivity contribution is -0.138. The average Bonchev–Trinajstić information content (AvgIpc) is 3.03. The van der Waals surface area contributed by atoms with Crippen LogP contribution in [0.2, 0.25) is 0 Å². The highest BCUT2D eigenvalue weighted by atomic mass is 127. The van der Waals surface area contributed by atoms with Crippen molar-refractivity contribution in [2.24, 2.45) is 4.99 Å². The molecule has 9 heteroatoms. The molecule has 1 saturated heterocycles. The van der Waals surface area contributed by atoms with Crippen LogP contribution in [0.4, 0.5) is 0 Å². The number of benzene rings is 1. The van der Waals surface area contributed by atoms with Crippen molar-refractivity contribution in [3.05, 3.63) is 29.8 Å². The number of ether oxygens (including phenoxy) is 2. The Morgan fingerprint density at radius 2 is 1.76 bits per heavy atom. The normalized spacial score (nSPS) is 14.0. The fraction of sp³-hybridized carbons (Fsp3) is 0.550. The number of aliphatic imine (C=N–C) groups is 1. The Balaban J connectivity index is 0.00000420. The van der Waals surface area contributed by atoms with Crippen LogP contribution in [-0.2, 0) is 20.9 Å². The van der Waals surface area contributed by atoms with Crippen molar-refractivity contribution in [3.63, 3.8) is 0 Å². The van der Waals surface area contributed by atoms with Crippen LogP contribution in [0.25, 0.3) is 0 Å². The first-order chi connectivity index (χ1) is 13.6. The van der Waals surface area contributed by atoms with Gasteiger partial charge in [0, 0.05) is 45.7 Å². The van der Waals surface area contributed by atoms with Crippen molar-refractivity contribution in [2.45, 2.75) is 32.7 Å². The Kier molecular flexibility index (Phi) is 12.3. The van der Waals surface area contributed by atoms with Crippen LogP contribution in [0.15, 0.2) is 29.3 Å². The fourth-order valence-electron chi connectivity index (χ4n) is 2.76. The van der Waals surface area contributed by atoms with Gasteiger partial charge in [-0.05, 0) is 31.0 Å². The topological polar surface area (TPSA) is 92.3 Å². The molecule has 8 nitrogen and oxygen atoms in total. The van der Waals surface area contributed by atoms with Gasteiger partial charge in [-0.25, -0.2) is 4.99 Å². The maximum absolute atomic E-state index is 11.7. The zero-order valence-corrected chi connectivity index (χ0v) is 19.4. The van der Waals surface area contributed by atoms with Crippen LogP contribution in [0.3, 0.4) is 0 Å². The summed E-state index contributed by atoms with van der Waals surface area (Å²) in [7, 11) is 1.64. The zero-order valence-electron chi connectivity index (χ0n) is 17.1. The largest absolute Gasteiger partial charge is 0.497 e. The van der Waals surface area contributed by atoms with E-state index in [2.05, 4.69) is 15.6 Å². The SMILES string of the molecule is CCOCCCNC(=NCc1ccc(OC)cc1)NCCN1C(=O)CCC1=O.I. The van der Waals surface area contributed by atoms with Gasteiger partial charge in [0.05, 0.1) is 13.7 Å². The first kappa shape index (κ1) is 25.2. The highest BCUT2D eigenvalue weighted by molar-refractivity contribution is 14.0. The number of nitrogens with zero attached hydrogens (tertiary/aromatic N) is 2. The van der Waals surface area contributed by atoms with Gasteiger partial charge >= 0.3 is 0 Å². The molecule has 1 aliphatic rings. The standard InChI is InChI=1S/C20H30N4O4.HI/c1-3-28-14-4-11-21-20(22-12-13-24-18(25)9-10-19(24)26)23-15-16-5-7-17(27-2)8-6-16;/h5-8H,3-4,9-15H2,1-2H3,(H2,21,22,23);1H. The molecule has 0 aromatic heterocycles. The number of imide groups is 1. The third-order valence-electron chi connectivity index (χ3n) is 4.32. The second-order valence-corrected chi connectivity index (χ2v) is 6.36. The van der Waals surface area contributed by atoms with Crippen LogP contribution < -0.4 is 15.4 Å². The third-order valence-corrected chi connectivity index (χ3v) is 4.32. The Labute approximate surface area is 189 Å². The van der Waals surface area contributed by atoms with Crippen molar-refractivity contribution < 1.29 is 19.1 Å². The Morgan fingerprint density at radius 3 is 2.38 bits per heavy atom. The number of carbonyl (C=O) groups excluding carboxylic acids is 2. The minimum atomic E-state index is -0.104. The number of guanidine groups is 1. The number of likely N-dealkylation sites (tertiary alicyclic amines) is 1. The number of carbonyl (C=O) groups is 2. The zero-order chi connectivity index (χ0) is 20.2. The van der Waals surface area contributed by atoms with Gasteiger partial charge in [-0.1, -0.05) is 12.1 Å². The first-order valence-corrected chi connectivity index (χ1v) is 9.70. The van der Waals surface area contributed by atoms with Gasteiger partial charge < -0.3 is 20.1 Å². The van der Waals surface area contributed by atoms with Crippen LogP contribution in [0.5, 0.6) is 5.75 Å². The lowest BCUT2D eigenvalue weighted by atomic mass is 10.2. The number of halogens is 1. The van der Waals surface area contributed by atoms with Gasteiger partial charge in [0.15, 0.2) is 5.96 Å². The van der Waals surface area contributed by atoms with E-state index in [-0.39, 0.29) is 35.8 Å². The summed E-state index contributed by atoms with van der Waals surface area (Å²) in [5, 5.41) is 6.46. The van der Waals surface area contributed by atoms with E-state index in [0.29, 0.717) is 51.6 Å². The van der Waals surface area contributed by atoms with Crippen molar-refractivity contribution in [2.75, 3.05) is 40.0 Å². The Morgan fingerprint density at radius 1 is 1.10 bits per heavy atom. The van der Waals surface area contributed by atoms with Gasteiger partial charge in [-0.2, -0.15) is 0 Å². The average molecular weight is 518 g/mol. The maximum Gasteiger partial charge on any atom is 0.229 e. The second-order valence-electron chi connectivity index (χ2n) is 6.36. The van der Waals surface area contributed by atoms with Gasteiger partial charge in [-0.3, -0.25) is 14.5 Å². The summed E-state index contributed by atoms with van der Waals surface area (Å²) >= 11 is 0. The fourth-order valence-corrected chi connectivity index (χ4v) is 2.76. The molecule has 0 bridgehead atoms. The molecule has 2 N–H and O–H groups in total. The van der Waals surface area contributed by atoms with Gasteiger partial charge in [0.25, 0.3) is 0 Å². The van der Waals surface area contributed by atoms with E-state index >= 15 is 0 Å². The van der Waals surface area contributed by atoms with Crippen LogP contribution in [0.1, 0.15) is 31.7 Å². The second kappa shape index (κ2) is 14.2. The smallest absolute Gasteiger partial charge is 0.229 e. The summed E-state index contributed by atoms with van der Waals surface area (Å²) in [6, 6.07) is 7.74. The monoisotopic (exact) mass is 518 g/mol. The molecule has 162 valence electrons. The molecule has 1 aliphatic heterocycles. The molecule has 0 unspecified atom stereocenters. The van der Waals surface area contributed by atoms with Crippen LogP contribution >= 0.6 is 24.0 Å². The molecule has 1 heterocycles. The maximum atomic E-state index is 11.7. The highest BCUT2D eigenvalue weighted by Crippen LogP contribution is 2.12. The molecule has 1 aromatic carbocycles. The van der Waals surface area contributed by atoms with Gasteiger partial charge in [0.2, 0.25) is 11.8 Å². The quantitative estimate of drug-likeness (QED) is 0.153. The van der Waals surface area contributed by atoms with Crippen molar-refractivity contribution >= 4 is 41.8 Å². The molecule has 2 rings (SSSR count). The summed E-state index contributed by atoms with van der Waals surface area (Å²) < 4.78 is 10.5.